The molecule has 0 aliphatic heterocycles. The molecule has 2 nitrogen and oxygen atoms in total. The van der Waals surface area contributed by atoms with Crippen molar-refractivity contribution in [2.75, 3.05) is 4.90 Å². The van der Waals surface area contributed by atoms with E-state index in [1.165, 1.54) is 108 Å². The van der Waals surface area contributed by atoms with Gasteiger partial charge in [0.2, 0.25) is 0 Å². The highest BCUT2D eigenvalue weighted by atomic mass is 15.1. The van der Waals surface area contributed by atoms with E-state index in [2.05, 4.69) is 268 Å². The van der Waals surface area contributed by atoms with Crippen molar-refractivity contribution in [3.8, 4) is 50.2 Å². The van der Waals surface area contributed by atoms with E-state index in [-0.39, 0.29) is 5.41 Å². The summed E-state index contributed by atoms with van der Waals surface area (Å²) in [4.78, 5) is 2.42. The molecule has 354 valence electrons. The van der Waals surface area contributed by atoms with Crippen molar-refractivity contribution in [1.82, 2.24) is 4.57 Å². The average molecular weight is 941 g/mol. The fourth-order valence-corrected chi connectivity index (χ4v) is 12.3. The van der Waals surface area contributed by atoms with Crippen LogP contribution in [0.2, 0.25) is 0 Å². The Morgan fingerprint density at radius 2 is 0.945 bits per heavy atom. The molecule has 0 fully saturated rings. The average Bonchev–Trinajstić information content (AvgIpc) is 3.88. The van der Waals surface area contributed by atoms with Crippen molar-refractivity contribution in [3.63, 3.8) is 0 Å². The van der Waals surface area contributed by atoms with Crippen LogP contribution in [0.5, 0.6) is 0 Å². The lowest BCUT2D eigenvalue weighted by Crippen LogP contribution is -2.16. The number of nitrogens with zero attached hydrogens (tertiary/aromatic N) is 2. The van der Waals surface area contributed by atoms with E-state index in [1.807, 2.05) is 0 Å². The zero-order valence-corrected chi connectivity index (χ0v) is 42.3. The van der Waals surface area contributed by atoms with E-state index in [0.29, 0.717) is 11.8 Å². The Kier molecular flexibility index (Phi) is 11.1. The molecular formula is C71H60N2. The van der Waals surface area contributed by atoms with Crippen LogP contribution in [0.15, 0.2) is 231 Å². The van der Waals surface area contributed by atoms with E-state index in [9.17, 15) is 0 Å². The predicted molar refractivity (Wildman–Crippen MR) is 309 cm³/mol. The van der Waals surface area contributed by atoms with Crippen LogP contribution in [0.1, 0.15) is 85.8 Å². The van der Waals surface area contributed by atoms with Gasteiger partial charge in [0.15, 0.2) is 0 Å². The van der Waals surface area contributed by atoms with Crippen LogP contribution in [0.25, 0.3) is 72.0 Å². The maximum absolute atomic E-state index is 2.49. The number of para-hydroxylation sites is 1. The van der Waals surface area contributed by atoms with E-state index in [1.54, 1.807) is 11.1 Å². The molecule has 2 heteroatoms. The fraction of sp³-hybridized carbons (Fsp3) is 0.155. The van der Waals surface area contributed by atoms with Crippen molar-refractivity contribution in [2.45, 2.75) is 70.6 Å². The summed E-state index contributed by atoms with van der Waals surface area (Å²) in [5.74, 6) is 1.05. The Morgan fingerprint density at radius 1 is 0.438 bits per heavy atom. The van der Waals surface area contributed by atoms with Gasteiger partial charge in [-0.3, -0.25) is 0 Å². The van der Waals surface area contributed by atoms with Crippen molar-refractivity contribution in [3.05, 3.63) is 264 Å². The van der Waals surface area contributed by atoms with Gasteiger partial charge in [0, 0.05) is 38.9 Å². The van der Waals surface area contributed by atoms with E-state index < -0.39 is 0 Å². The van der Waals surface area contributed by atoms with E-state index in [4.69, 9.17) is 0 Å². The van der Waals surface area contributed by atoms with E-state index >= 15 is 0 Å². The van der Waals surface area contributed by atoms with E-state index in [0.717, 1.165) is 29.2 Å². The second-order valence-corrected chi connectivity index (χ2v) is 21.2. The Hall–Kier alpha value is -8.20. The quantitative estimate of drug-likeness (QED) is 0.118. The van der Waals surface area contributed by atoms with Crippen LogP contribution < -0.4 is 4.90 Å². The molecule has 0 radical (unpaired) electrons. The summed E-state index contributed by atoms with van der Waals surface area (Å²) in [6.45, 7) is 9.48. The number of anilines is 3. The maximum atomic E-state index is 2.49. The van der Waals surface area contributed by atoms with Crippen LogP contribution in [0, 0.1) is 0 Å². The first-order valence-corrected chi connectivity index (χ1v) is 26.5. The highest BCUT2D eigenvalue weighted by Crippen LogP contribution is 2.51. The zero-order chi connectivity index (χ0) is 49.2. The van der Waals surface area contributed by atoms with Gasteiger partial charge in [0.05, 0.1) is 11.0 Å². The molecule has 2 aliphatic carbocycles. The highest BCUT2D eigenvalue weighted by molar-refractivity contribution is 6.11. The molecule has 13 rings (SSSR count). The van der Waals surface area contributed by atoms with Crippen LogP contribution in [-0.4, -0.2) is 4.57 Å². The Morgan fingerprint density at radius 3 is 1.55 bits per heavy atom. The van der Waals surface area contributed by atoms with Gasteiger partial charge >= 0.3 is 0 Å². The first-order chi connectivity index (χ1) is 35.8. The lowest BCUT2D eigenvalue weighted by Gasteiger charge is -2.28. The first kappa shape index (κ1) is 44.7. The summed E-state index contributed by atoms with van der Waals surface area (Å²) in [6, 6.07) is 86.3. The number of hydrogen-bond acceptors (Lipinski definition) is 1. The largest absolute Gasteiger partial charge is 0.310 e. The summed E-state index contributed by atoms with van der Waals surface area (Å²) in [5, 5.41) is 2.50. The van der Waals surface area contributed by atoms with Crippen LogP contribution in [0.4, 0.5) is 17.1 Å². The standard InChI is InChI=1S/C71H60N2/c1-5-48(55-26-24-52-25-27-56(52)43-55)42-47(2)49-20-22-53(23-21-49)57-32-40-69-65(44-57)66-45-58(33-41-70(66)73(69)59-16-10-7-11-17-59)54-30-36-61(37-31-54)72(60-34-28-51(29-35-60)50-14-8-6-9-15-50)62-38-39-64-63-18-12-13-19-67(63)71(3,4)68(64)46-62/h6-24,26,28-41,43-48H,5,25,27,42H2,1-4H3. The monoisotopic (exact) mass is 940 g/mol. The van der Waals surface area contributed by atoms with Crippen molar-refractivity contribution in [1.29, 1.82) is 0 Å². The lowest BCUT2D eigenvalue weighted by atomic mass is 9.80. The lowest BCUT2D eigenvalue weighted by molar-refractivity contribution is 0.543. The molecule has 0 saturated carbocycles. The molecule has 2 unspecified atom stereocenters. The third-order valence-electron chi connectivity index (χ3n) is 16.6. The molecular weight excluding hydrogens is 881 g/mol. The Balaban J connectivity index is 0.847. The summed E-state index contributed by atoms with van der Waals surface area (Å²) < 4.78 is 2.42. The number of aromatic nitrogens is 1. The molecule has 2 atom stereocenters. The van der Waals surface area contributed by atoms with Gasteiger partial charge in [-0.1, -0.05) is 185 Å². The molecule has 0 saturated heterocycles. The molecule has 0 amide bonds. The minimum atomic E-state index is -0.109. The maximum Gasteiger partial charge on any atom is 0.0541 e. The van der Waals surface area contributed by atoms with Crippen LogP contribution in [0.3, 0.4) is 0 Å². The van der Waals surface area contributed by atoms with Crippen molar-refractivity contribution >= 4 is 38.9 Å². The second-order valence-electron chi connectivity index (χ2n) is 21.2. The fourth-order valence-electron chi connectivity index (χ4n) is 12.3. The van der Waals surface area contributed by atoms with Gasteiger partial charge in [0.1, 0.15) is 0 Å². The number of rotatable bonds is 12. The van der Waals surface area contributed by atoms with Crippen LogP contribution >= 0.6 is 0 Å². The minimum absolute atomic E-state index is 0.109. The number of benzene rings is 10. The molecule has 2 aliphatic rings. The topological polar surface area (TPSA) is 8.17 Å². The van der Waals surface area contributed by atoms with Gasteiger partial charge in [0.25, 0.3) is 0 Å². The summed E-state index contributed by atoms with van der Waals surface area (Å²) in [5.41, 5.74) is 25.6. The molecule has 1 aromatic heterocycles. The summed E-state index contributed by atoms with van der Waals surface area (Å²) in [6.07, 6.45) is 4.81. The highest BCUT2D eigenvalue weighted by Gasteiger charge is 2.36. The molecule has 1 heterocycles. The number of hydrogen-bond donors (Lipinski definition) is 0. The molecule has 10 aromatic carbocycles. The van der Waals surface area contributed by atoms with Crippen molar-refractivity contribution < 1.29 is 0 Å². The zero-order valence-electron chi connectivity index (χ0n) is 42.3. The molecule has 0 bridgehead atoms. The summed E-state index contributed by atoms with van der Waals surface area (Å²) in [7, 11) is 0. The Labute approximate surface area is 430 Å². The number of aryl methyl sites for hydroxylation is 2. The molecule has 0 N–H and O–H groups in total. The smallest absolute Gasteiger partial charge is 0.0541 e. The van der Waals surface area contributed by atoms with Crippen LogP contribution in [-0.2, 0) is 18.3 Å². The normalized spacial score (nSPS) is 14.0. The van der Waals surface area contributed by atoms with Gasteiger partial charge in [-0.25, -0.2) is 0 Å². The molecule has 0 spiro atoms. The third kappa shape index (κ3) is 7.88. The molecule has 11 aromatic rings. The minimum Gasteiger partial charge on any atom is -0.310 e. The van der Waals surface area contributed by atoms with Gasteiger partial charge in [-0.05, 0) is 188 Å². The predicted octanol–water partition coefficient (Wildman–Crippen LogP) is 19.3. The number of fused-ring (bicyclic) bond motifs is 7. The Bertz CT molecular complexity index is 3820. The van der Waals surface area contributed by atoms with Crippen molar-refractivity contribution in [2.24, 2.45) is 0 Å². The molecule has 73 heavy (non-hydrogen) atoms. The first-order valence-electron chi connectivity index (χ1n) is 26.5. The second kappa shape index (κ2) is 18.1. The van der Waals surface area contributed by atoms with Gasteiger partial charge in [-0.15, -0.1) is 0 Å². The summed E-state index contributed by atoms with van der Waals surface area (Å²) >= 11 is 0. The third-order valence-corrected chi connectivity index (χ3v) is 16.6. The van der Waals surface area contributed by atoms with Gasteiger partial charge < -0.3 is 9.47 Å². The SMILES string of the molecule is CCC(CC(C)c1ccc(-c2ccc3c(c2)c2cc(-c4ccc(N(c5ccc(-c6ccccc6)cc5)c5ccc6c(c5)C(C)(C)c5ccccc5-6)cc4)ccc2n3-c2ccccc2)cc1)c1ccc2c(c1)CC2. The van der Waals surface area contributed by atoms with Gasteiger partial charge in [-0.2, -0.15) is 0 Å².